The molecule has 2 aromatic rings. The number of aromatic hydroxyl groups is 1. The van der Waals surface area contributed by atoms with Crippen LogP contribution in [0.4, 0.5) is 5.69 Å². The number of carbonyl (C=O) groups is 1. The van der Waals surface area contributed by atoms with Crippen LogP contribution in [0.5, 0.6) is 5.75 Å². The van der Waals surface area contributed by atoms with Gasteiger partial charge in [0.05, 0.1) is 6.61 Å². The van der Waals surface area contributed by atoms with Crippen molar-refractivity contribution < 1.29 is 14.6 Å². The van der Waals surface area contributed by atoms with E-state index in [1.807, 2.05) is 30.3 Å². The van der Waals surface area contributed by atoms with Gasteiger partial charge in [0.1, 0.15) is 5.75 Å². The molecule has 2 aromatic carbocycles. The van der Waals surface area contributed by atoms with Gasteiger partial charge in [-0.2, -0.15) is 0 Å². The van der Waals surface area contributed by atoms with E-state index >= 15 is 0 Å². The number of esters is 1. The maximum Gasteiger partial charge on any atom is 0.302 e. The summed E-state index contributed by atoms with van der Waals surface area (Å²) in [6.45, 7) is 2.53. The zero-order valence-electron chi connectivity index (χ0n) is 10.8. The zero-order valence-corrected chi connectivity index (χ0v) is 10.8. The normalized spacial score (nSPS) is 10.4. The molecule has 0 saturated heterocycles. The number of benzene rings is 2. The molecule has 0 saturated carbocycles. The molecule has 0 aliphatic heterocycles. The monoisotopic (exact) mass is 259 g/mol. The van der Waals surface area contributed by atoms with Crippen molar-refractivity contribution in [3.63, 3.8) is 0 Å². The maximum atomic E-state index is 10.6. The molecule has 0 aliphatic rings. The first-order valence-electron chi connectivity index (χ1n) is 6.26. The Morgan fingerprint density at radius 1 is 1.21 bits per heavy atom. The van der Waals surface area contributed by atoms with Gasteiger partial charge < -0.3 is 15.2 Å². The zero-order chi connectivity index (χ0) is 13.7. The van der Waals surface area contributed by atoms with Crippen LogP contribution in [0.15, 0.2) is 36.4 Å². The molecule has 2 N–H and O–H groups in total. The van der Waals surface area contributed by atoms with Gasteiger partial charge in [-0.1, -0.05) is 24.3 Å². The summed E-state index contributed by atoms with van der Waals surface area (Å²) >= 11 is 0. The van der Waals surface area contributed by atoms with E-state index in [4.69, 9.17) is 4.74 Å². The second kappa shape index (κ2) is 6.09. The molecule has 0 fully saturated rings. The lowest BCUT2D eigenvalue weighted by Crippen LogP contribution is -2.08. The lowest BCUT2D eigenvalue weighted by molar-refractivity contribution is -0.140. The van der Waals surface area contributed by atoms with Crippen LogP contribution in [0.2, 0.25) is 0 Å². The summed E-state index contributed by atoms with van der Waals surface area (Å²) < 4.78 is 4.87. The quantitative estimate of drug-likeness (QED) is 0.640. The number of phenolic OH excluding ortho intramolecular Hbond substituents is 1. The standard InChI is InChI=1S/C15H17NO3/c1-11(17)19-10-4-9-16-14-7-2-6-13-12(14)5-3-8-15(13)18/h2-3,5-8,16,18H,4,9-10H2,1H3. The van der Waals surface area contributed by atoms with Gasteiger partial charge in [0.15, 0.2) is 0 Å². The molecule has 0 unspecified atom stereocenters. The highest BCUT2D eigenvalue weighted by molar-refractivity contribution is 5.97. The van der Waals surface area contributed by atoms with Crippen LogP contribution in [-0.2, 0) is 9.53 Å². The Balaban J connectivity index is 2.01. The van der Waals surface area contributed by atoms with E-state index in [1.165, 1.54) is 6.92 Å². The van der Waals surface area contributed by atoms with Crippen LogP contribution in [0, 0.1) is 0 Å². The molecule has 19 heavy (non-hydrogen) atoms. The highest BCUT2D eigenvalue weighted by Gasteiger charge is 2.03. The van der Waals surface area contributed by atoms with Crippen molar-refractivity contribution in [2.45, 2.75) is 13.3 Å². The topological polar surface area (TPSA) is 58.6 Å². The molecule has 0 bridgehead atoms. The van der Waals surface area contributed by atoms with E-state index in [1.54, 1.807) is 6.07 Å². The molecule has 100 valence electrons. The third-order valence-corrected chi connectivity index (χ3v) is 2.84. The average molecular weight is 259 g/mol. The van der Waals surface area contributed by atoms with Crippen molar-refractivity contribution >= 4 is 22.4 Å². The third-order valence-electron chi connectivity index (χ3n) is 2.84. The molecule has 0 aromatic heterocycles. The number of nitrogens with one attached hydrogen (secondary N) is 1. The van der Waals surface area contributed by atoms with Gasteiger partial charge in [-0.15, -0.1) is 0 Å². The van der Waals surface area contributed by atoms with Crippen molar-refractivity contribution in [3.05, 3.63) is 36.4 Å². The first-order valence-corrected chi connectivity index (χ1v) is 6.26. The largest absolute Gasteiger partial charge is 0.507 e. The fourth-order valence-electron chi connectivity index (χ4n) is 1.96. The summed E-state index contributed by atoms with van der Waals surface area (Å²) in [5.41, 5.74) is 0.969. The van der Waals surface area contributed by atoms with Crippen LogP contribution in [0.25, 0.3) is 10.8 Å². The molecule has 0 amide bonds. The smallest absolute Gasteiger partial charge is 0.302 e. The fraction of sp³-hybridized carbons (Fsp3) is 0.267. The van der Waals surface area contributed by atoms with Gasteiger partial charge in [-0.3, -0.25) is 4.79 Å². The Morgan fingerprint density at radius 2 is 1.95 bits per heavy atom. The fourth-order valence-corrected chi connectivity index (χ4v) is 1.96. The van der Waals surface area contributed by atoms with E-state index in [-0.39, 0.29) is 11.7 Å². The second-order valence-electron chi connectivity index (χ2n) is 4.30. The number of anilines is 1. The number of fused-ring (bicyclic) bond motifs is 1. The Bertz CT molecular complexity index is 581. The summed E-state index contributed by atoms with van der Waals surface area (Å²) in [6, 6.07) is 11.2. The first kappa shape index (κ1) is 13.2. The highest BCUT2D eigenvalue weighted by atomic mass is 16.5. The van der Waals surface area contributed by atoms with Crippen LogP contribution < -0.4 is 5.32 Å². The summed E-state index contributed by atoms with van der Waals surface area (Å²) in [5, 5.41) is 14.9. The Kier molecular flexibility index (Phi) is 4.23. The Morgan fingerprint density at radius 3 is 2.74 bits per heavy atom. The van der Waals surface area contributed by atoms with E-state index in [2.05, 4.69) is 5.32 Å². The van der Waals surface area contributed by atoms with Crippen LogP contribution in [-0.4, -0.2) is 24.2 Å². The molecule has 4 heteroatoms. The predicted octanol–water partition coefficient (Wildman–Crippen LogP) is 2.91. The van der Waals surface area contributed by atoms with Gasteiger partial charge in [0, 0.05) is 29.9 Å². The van der Waals surface area contributed by atoms with Crippen LogP contribution in [0.3, 0.4) is 0 Å². The van der Waals surface area contributed by atoms with Gasteiger partial charge in [-0.05, 0) is 18.6 Å². The van der Waals surface area contributed by atoms with Crippen molar-refractivity contribution in [2.24, 2.45) is 0 Å². The molecule has 0 aliphatic carbocycles. The SMILES string of the molecule is CC(=O)OCCCNc1cccc2c(O)cccc12. The molecular formula is C15H17NO3. The predicted molar refractivity (Wildman–Crippen MR) is 75.4 cm³/mol. The lowest BCUT2D eigenvalue weighted by atomic mass is 10.1. The summed E-state index contributed by atoms with van der Waals surface area (Å²) in [5.74, 6) is 0.0242. The first-order chi connectivity index (χ1) is 9.18. The minimum Gasteiger partial charge on any atom is -0.507 e. The molecule has 0 atom stereocenters. The Hall–Kier alpha value is -2.23. The van der Waals surface area contributed by atoms with Crippen molar-refractivity contribution in [2.75, 3.05) is 18.5 Å². The lowest BCUT2D eigenvalue weighted by Gasteiger charge is -2.10. The van der Waals surface area contributed by atoms with E-state index < -0.39 is 0 Å². The average Bonchev–Trinajstić information content (AvgIpc) is 2.39. The van der Waals surface area contributed by atoms with E-state index in [0.717, 1.165) is 22.9 Å². The van der Waals surface area contributed by atoms with Crippen LogP contribution >= 0.6 is 0 Å². The minimum atomic E-state index is -0.255. The highest BCUT2D eigenvalue weighted by Crippen LogP contribution is 2.29. The second-order valence-corrected chi connectivity index (χ2v) is 4.30. The van der Waals surface area contributed by atoms with Gasteiger partial charge in [-0.25, -0.2) is 0 Å². The number of hydrogen-bond donors (Lipinski definition) is 2. The summed E-state index contributed by atoms with van der Waals surface area (Å²) in [4.78, 5) is 10.6. The van der Waals surface area contributed by atoms with Gasteiger partial charge >= 0.3 is 5.97 Å². The van der Waals surface area contributed by atoms with E-state index in [0.29, 0.717) is 13.2 Å². The summed E-state index contributed by atoms with van der Waals surface area (Å²) in [6.07, 6.45) is 0.745. The number of phenols is 1. The molecule has 4 nitrogen and oxygen atoms in total. The number of ether oxygens (including phenoxy) is 1. The van der Waals surface area contributed by atoms with Crippen molar-refractivity contribution in [1.82, 2.24) is 0 Å². The number of hydrogen-bond acceptors (Lipinski definition) is 4. The van der Waals surface area contributed by atoms with E-state index in [9.17, 15) is 9.90 Å². The van der Waals surface area contributed by atoms with Crippen molar-refractivity contribution in [3.8, 4) is 5.75 Å². The molecule has 0 heterocycles. The molecule has 0 spiro atoms. The molecule has 0 radical (unpaired) electrons. The van der Waals surface area contributed by atoms with Gasteiger partial charge in [0.25, 0.3) is 0 Å². The molecule has 2 rings (SSSR count). The van der Waals surface area contributed by atoms with Gasteiger partial charge in [0.2, 0.25) is 0 Å². The minimum absolute atomic E-state index is 0.255. The summed E-state index contributed by atoms with van der Waals surface area (Å²) in [7, 11) is 0. The number of carbonyl (C=O) groups excluding carboxylic acids is 1. The molecular weight excluding hydrogens is 242 g/mol. The maximum absolute atomic E-state index is 10.6. The van der Waals surface area contributed by atoms with Crippen molar-refractivity contribution in [1.29, 1.82) is 0 Å². The van der Waals surface area contributed by atoms with Crippen LogP contribution in [0.1, 0.15) is 13.3 Å². The third kappa shape index (κ3) is 3.37. The number of rotatable bonds is 5. The Labute approximate surface area is 112 Å².